The van der Waals surface area contributed by atoms with Crippen molar-refractivity contribution in [3.05, 3.63) is 35.6 Å². The van der Waals surface area contributed by atoms with E-state index in [1.165, 1.54) is 0 Å². The van der Waals surface area contributed by atoms with E-state index in [0.717, 1.165) is 17.6 Å². The average Bonchev–Trinajstić information content (AvgIpc) is 1.80. The first-order valence-electron chi connectivity index (χ1n) is 2.95. The lowest BCUT2D eigenvalue weighted by molar-refractivity contribution is 0.428. The molecule has 1 aliphatic carbocycles. The van der Waals surface area contributed by atoms with E-state index in [-0.39, 0.29) is 0 Å². The van der Waals surface area contributed by atoms with Crippen molar-refractivity contribution in [1.29, 1.82) is 0 Å². The molecule has 9 heavy (non-hydrogen) atoms. The fraction of sp³-hybridized carbons (Fsp3) is 0.250. The number of aliphatic hydroxyl groups excluding tert-OH is 1. The van der Waals surface area contributed by atoms with Gasteiger partial charge in [0, 0.05) is 0 Å². The van der Waals surface area contributed by atoms with Gasteiger partial charge in [0.05, 0.1) is 0 Å². The fourth-order valence-electron chi connectivity index (χ4n) is 0.772. The Morgan fingerprint density at radius 1 is 1.67 bits per heavy atom. The van der Waals surface area contributed by atoms with Gasteiger partial charge in [0.25, 0.3) is 0 Å². The lowest BCUT2D eigenvalue weighted by Gasteiger charge is -2.07. The summed E-state index contributed by atoms with van der Waals surface area (Å²) >= 11 is 0. The van der Waals surface area contributed by atoms with Crippen molar-refractivity contribution in [3.8, 4) is 0 Å². The lowest BCUT2D eigenvalue weighted by Crippen LogP contribution is -1.90. The second kappa shape index (κ2) is 2.09. The highest BCUT2D eigenvalue weighted by Crippen LogP contribution is 2.18. The smallest absolute Gasteiger partial charge is 0.112 e. The van der Waals surface area contributed by atoms with Crippen molar-refractivity contribution in [3.63, 3.8) is 0 Å². The van der Waals surface area contributed by atoms with Crippen molar-refractivity contribution >= 4 is 0 Å². The summed E-state index contributed by atoms with van der Waals surface area (Å²) in [5.41, 5.74) is 2.17. The fourth-order valence-corrected chi connectivity index (χ4v) is 0.772. The average molecular weight is 122 g/mol. The van der Waals surface area contributed by atoms with Crippen LogP contribution in [0.3, 0.4) is 0 Å². The second-order valence-electron chi connectivity index (χ2n) is 2.26. The Kier molecular flexibility index (Phi) is 1.43. The third-order valence-corrected chi connectivity index (χ3v) is 1.48. The second-order valence-corrected chi connectivity index (χ2v) is 2.26. The molecule has 0 amide bonds. The summed E-state index contributed by atoms with van der Waals surface area (Å²) in [6, 6.07) is 0. The van der Waals surface area contributed by atoms with Crippen LogP contribution in [0.5, 0.6) is 0 Å². The summed E-state index contributed by atoms with van der Waals surface area (Å²) < 4.78 is 0. The van der Waals surface area contributed by atoms with E-state index in [2.05, 4.69) is 6.58 Å². The molecule has 0 saturated heterocycles. The van der Waals surface area contributed by atoms with Crippen LogP contribution in [-0.4, -0.2) is 5.11 Å². The molecule has 0 aromatic carbocycles. The topological polar surface area (TPSA) is 20.2 Å². The van der Waals surface area contributed by atoms with Gasteiger partial charge in [-0.2, -0.15) is 0 Å². The monoisotopic (exact) mass is 122 g/mol. The van der Waals surface area contributed by atoms with E-state index >= 15 is 0 Å². The van der Waals surface area contributed by atoms with Crippen LogP contribution in [0.2, 0.25) is 0 Å². The molecule has 0 bridgehead atoms. The van der Waals surface area contributed by atoms with Gasteiger partial charge >= 0.3 is 0 Å². The SMILES string of the molecule is C=C1CC=C(O)C=C1C. The molecule has 0 spiro atoms. The zero-order valence-electron chi connectivity index (χ0n) is 5.52. The normalized spacial score (nSPS) is 19.0. The predicted octanol–water partition coefficient (Wildman–Crippen LogP) is 2.33. The zero-order valence-corrected chi connectivity index (χ0v) is 5.52. The molecule has 1 aliphatic rings. The molecule has 1 nitrogen and oxygen atoms in total. The highest BCUT2D eigenvalue weighted by atomic mass is 16.3. The summed E-state index contributed by atoms with van der Waals surface area (Å²) in [7, 11) is 0. The van der Waals surface area contributed by atoms with Crippen LogP contribution in [-0.2, 0) is 0 Å². The van der Waals surface area contributed by atoms with Gasteiger partial charge in [-0.05, 0) is 36.6 Å². The molecular weight excluding hydrogens is 112 g/mol. The van der Waals surface area contributed by atoms with Crippen LogP contribution in [0.15, 0.2) is 35.6 Å². The highest BCUT2D eigenvalue weighted by Gasteiger charge is 2.01. The molecule has 0 atom stereocenters. The molecule has 1 rings (SSSR count). The maximum Gasteiger partial charge on any atom is 0.112 e. The Morgan fingerprint density at radius 2 is 2.33 bits per heavy atom. The first-order valence-corrected chi connectivity index (χ1v) is 2.95. The van der Waals surface area contributed by atoms with Gasteiger partial charge in [0.15, 0.2) is 0 Å². The number of aliphatic hydroxyl groups is 1. The number of hydrogen-bond acceptors (Lipinski definition) is 1. The van der Waals surface area contributed by atoms with Crippen molar-refractivity contribution in [2.24, 2.45) is 0 Å². The van der Waals surface area contributed by atoms with Gasteiger partial charge in [0.2, 0.25) is 0 Å². The molecule has 0 unspecified atom stereocenters. The molecule has 48 valence electrons. The minimum Gasteiger partial charge on any atom is -0.508 e. The molecule has 0 radical (unpaired) electrons. The van der Waals surface area contributed by atoms with Crippen LogP contribution in [0.1, 0.15) is 13.3 Å². The van der Waals surface area contributed by atoms with E-state index in [4.69, 9.17) is 5.11 Å². The molecule has 0 aliphatic heterocycles. The summed E-state index contributed by atoms with van der Waals surface area (Å²) in [6.07, 6.45) is 4.27. The van der Waals surface area contributed by atoms with Gasteiger partial charge in [-0.15, -0.1) is 0 Å². The maximum atomic E-state index is 8.94. The molecular formula is C8H10O. The first-order chi connectivity index (χ1) is 4.20. The maximum absolute atomic E-state index is 8.94. The zero-order chi connectivity index (χ0) is 6.85. The molecule has 0 aromatic heterocycles. The lowest BCUT2D eigenvalue weighted by atomic mass is 10.0. The van der Waals surface area contributed by atoms with Gasteiger partial charge < -0.3 is 5.11 Å². The molecule has 0 saturated carbocycles. The van der Waals surface area contributed by atoms with Gasteiger partial charge in [-0.1, -0.05) is 6.58 Å². The Hall–Kier alpha value is -0.980. The molecule has 1 heteroatoms. The molecule has 0 heterocycles. The largest absolute Gasteiger partial charge is 0.508 e. The Labute approximate surface area is 55.0 Å². The van der Waals surface area contributed by atoms with Crippen molar-refractivity contribution in [2.45, 2.75) is 13.3 Å². The third-order valence-electron chi connectivity index (χ3n) is 1.48. The molecule has 0 fully saturated rings. The molecule has 0 aromatic rings. The van der Waals surface area contributed by atoms with Gasteiger partial charge in [-0.25, -0.2) is 0 Å². The number of hydrogen-bond donors (Lipinski definition) is 1. The summed E-state index contributed by atoms with van der Waals surface area (Å²) in [5, 5.41) is 8.94. The van der Waals surface area contributed by atoms with Crippen molar-refractivity contribution < 1.29 is 5.11 Å². The Balaban J connectivity index is 2.87. The van der Waals surface area contributed by atoms with Crippen molar-refractivity contribution in [1.82, 2.24) is 0 Å². The first kappa shape index (κ1) is 6.14. The summed E-state index contributed by atoms with van der Waals surface area (Å²) in [4.78, 5) is 0. The van der Waals surface area contributed by atoms with Crippen LogP contribution in [0.4, 0.5) is 0 Å². The van der Waals surface area contributed by atoms with Gasteiger partial charge in [-0.3, -0.25) is 0 Å². The van der Waals surface area contributed by atoms with E-state index < -0.39 is 0 Å². The number of rotatable bonds is 0. The minimum atomic E-state index is 0.361. The minimum absolute atomic E-state index is 0.361. The van der Waals surface area contributed by atoms with Gasteiger partial charge in [0.1, 0.15) is 5.76 Å². The Morgan fingerprint density at radius 3 is 2.78 bits per heavy atom. The van der Waals surface area contributed by atoms with Crippen LogP contribution in [0.25, 0.3) is 0 Å². The summed E-state index contributed by atoms with van der Waals surface area (Å²) in [6.45, 7) is 5.76. The van der Waals surface area contributed by atoms with Crippen molar-refractivity contribution in [2.75, 3.05) is 0 Å². The van der Waals surface area contributed by atoms with E-state index in [1.807, 2.05) is 6.92 Å². The van der Waals surface area contributed by atoms with E-state index in [0.29, 0.717) is 5.76 Å². The standard InChI is InChI=1S/C8H10O/c1-6-3-4-8(9)5-7(6)2/h4-5,9H,1,3H2,2H3. The van der Waals surface area contributed by atoms with E-state index in [1.54, 1.807) is 12.2 Å². The van der Waals surface area contributed by atoms with Crippen LogP contribution >= 0.6 is 0 Å². The summed E-state index contributed by atoms with van der Waals surface area (Å²) in [5.74, 6) is 0.361. The van der Waals surface area contributed by atoms with E-state index in [9.17, 15) is 0 Å². The Bertz CT molecular complexity index is 197. The predicted molar refractivity (Wildman–Crippen MR) is 38.2 cm³/mol. The third kappa shape index (κ3) is 1.22. The highest BCUT2D eigenvalue weighted by molar-refractivity contribution is 5.37. The molecule has 1 N–H and O–H groups in total. The van der Waals surface area contributed by atoms with Crippen LogP contribution < -0.4 is 0 Å². The van der Waals surface area contributed by atoms with Crippen LogP contribution in [0, 0.1) is 0 Å². The number of allylic oxidation sites excluding steroid dienone is 4. The quantitative estimate of drug-likeness (QED) is 0.522.